The van der Waals surface area contributed by atoms with Crippen molar-refractivity contribution in [3.05, 3.63) is 35.6 Å². The number of benzene rings is 1. The normalized spacial score (nSPS) is 21.0. The number of aliphatic hydroxyl groups excluding tert-OH is 1. The maximum atomic E-state index is 13.5. The van der Waals surface area contributed by atoms with Gasteiger partial charge in [-0.05, 0) is 38.1 Å². The monoisotopic (exact) mass is 323 g/mol. The standard InChI is InChI=1S/C17H26FN3O2/c1-20(2)9-14-10-21(11-15(14)12-22)17(23)19-8-7-13-5-3-4-6-16(13)18/h3-6,14-15,22H,7-12H2,1-2H3,(H,19,23)/t14-,15-/m1/s1. The van der Waals surface area contributed by atoms with Crippen molar-refractivity contribution >= 4 is 6.03 Å². The van der Waals surface area contributed by atoms with Gasteiger partial charge in [0.05, 0.1) is 0 Å². The molecule has 1 aliphatic heterocycles. The van der Waals surface area contributed by atoms with E-state index < -0.39 is 0 Å². The number of urea groups is 1. The Labute approximate surface area is 137 Å². The third kappa shape index (κ3) is 4.91. The van der Waals surface area contributed by atoms with E-state index in [-0.39, 0.29) is 30.3 Å². The number of carbonyl (C=O) groups excluding carboxylic acids is 1. The van der Waals surface area contributed by atoms with Crippen LogP contribution in [0.25, 0.3) is 0 Å². The minimum absolute atomic E-state index is 0.0948. The van der Waals surface area contributed by atoms with Crippen LogP contribution in [0.3, 0.4) is 0 Å². The zero-order valence-corrected chi connectivity index (χ0v) is 13.8. The summed E-state index contributed by atoms with van der Waals surface area (Å²) in [6, 6.07) is 6.46. The van der Waals surface area contributed by atoms with Gasteiger partial charge in [0.2, 0.25) is 0 Å². The van der Waals surface area contributed by atoms with Gasteiger partial charge in [-0.1, -0.05) is 18.2 Å². The first-order valence-electron chi connectivity index (χ1n) is 8.03. The van der Waals surface area contributed by atoms with E-state index in [1.165, 1.54) is 6.07 Å². The van der Waals surface area contributed by atoms with E-state index >= 15 is 0 Å². The average molecular weight is 323 g/mol. The van der Waals surface area contributed by atoms with Gasteiger partial charge in [-0.15, -0.1) is 0 Å². The van der Waals surface area contributed by atoms with Crippen LogP contribution in [0.4, 0.5) is 9.18 Å². The maximum Gasteiger partial charge on any atom is 0.317 e. The van der Waals surface area contributed by atoms with Gasteiger partial charge in [0.15, 0.2) is 0 Å². The van der Waals surface area contributed by atoms with E-state index in [4.69, 9.17) is 0 Å². The van der Waals surface area contributed by atoms with Crippen LogP contribution in [0.1, 0.15) is 5.56 Å². The van der Waals surface area contributed by atoms with Gasteiger partial charge in [0, 0.05) is 38.7 Å². The van der Waals surface area contributed by atoms with Crippen LogP contribution in [0.5, 0.6) is 0 Å². The number of rotatable bonds is 6. The molecule has 2 atom stereocenters. The predicted molar refractivity (Wildman–Crippen MR) is 87.7 cm³/mol. The Morgan fingerprint density at radius 2 is 2.04 bits per heavy atom. The number of hydrogen-bond donors (Lipinski definition) is 2. The van der Waals surface area contributed by atoms with Gasteiger partial charge in [0.1, 0.15) is 5.82 Å². The van der Waals surface area contributed by atoms with E-state index in [0.717, 1.165) is 6.54 Å². The van der Waals surface area contributed by atoms with Gasteiger partial charge < -0.3 is 20.2 Å². The van der Waals surface area contributed by atoms with Crippen LogP contribution in [-0.4, -0.2) is 67.8 Å². The van der Waals surface area contributed by atoms with Crippen molar-refractivity contribution in [1.82, 2.24) is 15.1 Å². The lowest BCUT2D eigenvalue weighted by Gasteiger charge is -2.20. The number of aliphatic hydroxyl groups is 1. The Balaban J connectivity index is 1.81. The molecule has 128 valence electrons. The summed E-state index contributed by atoms with van der Waals surface area (Å²) in [5, 5.41) is 12.3. The molecule has 1 heterocycles. The van der Waals surface area contributed by atoms with Gasteiger partial charge in [-0.25, -0.2) is 9.18 Å². The van der Waals surface area contributed by atoms with Crippen molar-refractivity contribution in [3.8, 4) is 0 Å². The molecular formula is C17H26FN3O2. The second-order valence-electron chi connectivity index (χ2n) is 6.44. The minimum Gasteiger partial charge on any atom is -0.396 e. The van der Waals surface area contributed by atoms with Crippen LogP contribution in [0.15, 0.2) is 24.3 Å². The number of nitrogens with zero attached hydrogens (tertiary/aromatic N) is 2. The largest absolute Gasteiger partial charge is 0.396 e. The first-order valence-corrected chi connectivity index (χ1v) is 8.03. The quantitative estimate of drug-likeness (QED) is 0.826. The summed E-state index contributed by atoms with van der Waals surface area (Å²) < 4.78 is 13.5. The number of halogens is 1. The predicted octanol–water partition coefficient (Wildman–Crippen LogP) is 1.18. The molecule has 2 rings (SSSR count). The van der Waals surface area contributed by atoms with Crippen molar-refractivity contribution in [2.45, 2.75) is 6.42 Å². The highest BCUT2D eigenvalue weighted by atomic mass is 19.1. The topological polar surface area (TPSA) is 55.8 Å². The molecule has 2 N–H and O–H groups in total. The smallest absolute Gasteiger partial charge is 0.317 e. The Kier molecular flexibility index (Phi) is 6.36. The summed E-state index contributed by atoms with van der Waals surface area (Å²) in [7, 11) is 3.98. The highest BCUT2D eigenvalue weighted by Gasteiger charge is 2.34. The van der Waals surface area contributed by atoms with Gasteiger partial charge in [-0.3, -0.25) is 0 Å². The second kappa shape index (κ2) is 8.26. The van der Waals surface area contributed by atoms with Crippen molar-refractivity contribution in [1.29, 1.82) is 0 Å². The molecule has 0 saturated carbocycles. The third-order valence-electron chi connectivity index (χ3n) is 4.33. The number of carbonyl (C=O) groups is 1. The van der Waals surface area contributed by atoms with E-state index in [9.17, 15) is 14.3 Å². The van der Waals surface area contributed by atoms with Crippen molar-refractivity contribution in [2.75, 3.05) is 46.9 Å². The average Bonchev–Trinajstić information content (AvgIpc) is 2.91. The molecule has 1 fully saturated rings. The molecule has 6 heteroatoms. The van der Waals surface area contributed by atoms with Gasteiger partial charge >= 0.3 is 6.03 Å². The summed E-state index contributed by atoms with van der Waals surface area (Å²) in [5.74, 6) is 0.163. The van der Waals surface area contributed by atoms with Crippen LogP contribution < -0.4 is 5.32 Å². The van der Waals surface area contributed by atoms with Gasteiger partial charge in [-0.2, -0.15) is 0 Å². The number of nitrogens with one attached hydrogen (secondary N) is 1. The zero-order chi connectivity index (χ0) is 16.8. The molecule has 1 aliphatic rings. The molecule has 5 nitrogen and oxygen atoms in total. The summed E-state index contributed by atoms with van der Waals surface area (Å²) in [4.78, 5) is 16.1. The van der Waals surface area contributed by atoms with Crippen LogP contribution >= 0.6 is 0 Å². The van der Waals surface area contributed by atoms with Crippen LogP contribution in [-0.2, 0) is 6.42 Å². The Morgan fingerprint density at radius 3 is 2.70 bits per heavy atom. The molecule has 0 spiro atoms. The Hall–Kier alpha value is -1.66. The van der Waals surface area contributed by atoms with E-state index in [2.05, 4.69) is 10.2 Å². The molecule has 0 radical (unpaired) electrons. The molecule has 1 aromatic rings. The van der Waals surface area contributed by atoms with Crippen LogP contribution in [0.2, 0.25) is 0 Å². The number of amides is 2. The fourth-order valence-electron chi connectivity index (χ4n) is 3.10. The van der Waals surface area contributed by atoms with Crippen molar-refractivity contribution in [3.63, 3.8) is 0 Å². The molecule has 1 aromatic carbocycles. The fraction of sp³-hybridized carbons (Fsp3) is 0.588. The lowest BCUT2D eigenvalue weighted by atomic mass is 9.97. The molecule has 2 amide bonds. The first kappa shape index (κ1) is 17.7. The molecule has 0 aromatic heterocycles. The molecule has 0 aliphatic carbocycles. The Bertz CT molecular complexity index is 524. The van der Waals surface area contributed by atoms with Crippen LogP contribution in [0, 0.1) is 17.7 Å². The minimum atomic E-state index is -0.241. The molecule has 0 bridgehead atoms. The molecule has 23 heavy (non-hydrogen) atoms. The summed E-state index contributed by atoms with van der Waals surface area (Å²) in [6.07, 6.45) is 0.469. The van der Waals surface area contributed by atoms with E-state index in [1.54, 1.807) is 23.1 Å². The lowest BCUT2D eigenvalue weighted by Crippen LogP contribution is -2.40. The molecule has 1 saturated heterocycles. The zero-order valence-electron chi connectivity index (χ0n) is 13.8. The fourth-order valence-corrected chi connectivity index (χ4v) is 3.10. The SMILES string of the molecule is CN(C)C[C@@H]1CN(C(=O)NCCc2ccccc2F)C[C@@H]1CO. The summed E-state index contributed by atoms with van der Waals surface area (Å²) >= 11 is 0. The van der Waals surface area contributed by atoms with Crippen molar-refractivity contribution in [2.24, 2.45) is 11.8 Å². The summed E-state index contributed by atoms with van der Waals surface area (Å²) in [5.41, 5.74) is 0.605. The summed E-state index contributed by atoms with van der Waals surface area (Å²) in [6.45, 7) is 2.57. The number of hydrogen-bond acceptors (Lipinski definition) is 3. The molecular weight excluding hydrogens is 297 g/mol. The maximum absolute atomic E-state index is 13.5. The lowest BCUT2D eigenvalue weighted by molar-refractivity contribution is 0.183. The molecule has 0 unspecified atom stereocenters. The Morgan fingerprint density at radius 1 is 1.35 bits per heavy atom. The van der Waals surface area contributed by atoms with E-state index in [0.29, 0.717) is 31.6 Å². The highest BCUT2D eigenvalue weighted by Crippen LogP contribution is 2.23. The second-order valence-corrected chi connectivity index (χ2v) is 6.44. The number of likely N-dealkylation sites (tertiary alicyclic amines) is 1. The van der Waals surface area contributed by atoms with Crippen molar-refractivity contribution < 1.29 is 14.3 Å². The third-order valence-corrected chi connectivity index (χ3v) is 4.33. The highest BCUT2D eigenvalue weighted by molar-refractivity contribution is 5.74. The first-order chi connectivity index (χ1) is 11.0. The van der Waals surface area contributed by atoms with Gasteiger partial charge in [0.25, 0.3) is 0 Å². The van der Waals surface area contributed by atoms with E-state index in [1.807, 2.05) is 14.1 Å².